The van der Waals surface area contributed by atoms with Crippen molar-refractivity contribution in [2.75, 3.05) is 13.7 Å². The van der Waals surface area contributed by atoms with Gasteiger partial charge in [0.1, 0.15) is 0 Å². The molecule has 0 bridgehead atoms. The highest BCUT2D eigenvalue weighted by Gasteiger charge is 2.46. The number of methoxy groups -OCH3 is 1. The van der Waals surface area contributed by atoms with E-state index in [0.717, 1.165) is 12.8 Å². The van der Waals surface area contributed by atoms with Crippen LogP contribution in [0.5, 0.6) is 0 Å². The molecule has 1 aliphatic rings. The first-order valence-corrected chi connectivity index (χ1v) is 3.75. The number of hydrogen-bond acceptors (Lipinski definition) is 2. The molecule has 0 radical (unpaired) electrons. The molecule has 1 fully saturated rings. The zero-order valence-corrected chi connectivity index (χ0v) is 7.11. The predicted molar refractivity (Wildman–Crippen MR) is 41.8 cm³/mol. The molecule has 0 heterocycles. The SMILES string of the molecule is COCC1(N)CC(C)(C)C1. The van der Waals surface area contributed by atoms with Crippen LogP contribution in [-0.4, -0.2) is 19.3 Å². The van der Waals surface area contributed by atoms with Gasteiger partial charge in [0.05, 0.1) is 6.61 Å². The Hall–Kier alpha value is -0.0800. The van der Waals surface area contributed by atoms with Gasteiger partial charge in [-0.3, -0.25) is 0 Å². The van der Waals surface area contributed by atoms with Crippen LogP contribution in [0.4, 0.5) is 0 Å². The van der Waals surface area contributed by atoms with Crippen LogP contribution in [0.15, 0.2) is 0 Å². The fourth-order valence-corrected chi connectivity index (χ4v) is 2.24. The van der Waals surface area contributed by atoms with E-state index in [4.69, 9.17) is 10.5 Å². The Kier molecular flexibility index (Phi) is 1.77. The van der Waals surface area contributed by atoms with Crippen LogP contribution in [0.2, 0.25) is 0 Å². The summed E-state index contributed by atoms with van der Waals surface area (Å²) in [6, 6.07) is 0. The van der Waals surface area contributed by atoms with Gasteiger partial charge in [-0.2, -0.15) is 0 Å². The van der Waals surface area contributed by atoms with E-state index < -0.39 is 0 Å². The lowest BCUT2D eigenvalue weighted by molar-refractivity contribution is 0.000288. The maximum absolute atomic E-state index is 5.96. The summed E-state index contributed by atoms with van der Waals surface area (Å²) >= 11 is 0. The minimum atomic E-state index is -0.0156. The van der Waals surface area contributed by atoms with Crippen molar-refractivity contribution in [1.82, 2.24) is 0 Å². The lowest BCUT2D eigenvalue weighted by Gasteiger charge is -2.50. The van der Waals surface area contributed by atoms with E-state index in [1.165, 1.54) is 0 Å². The Labute approximate surface area is 62.7 Å². The second kappa shape index (κ2) is 2.21. The molecule has 1 rings (SSSR count). The van der Waals surface area contributed by atoms with Crippen LogP contribution in [0.25, 0.3) is 0 Å². The van der Waals surface area contributed by atoms with Crippen LogP contribution in [0.1, 0.15) is 26.7 Å². The molecular weight excluding hydrogens is 126 g/mol. The molecule has 0 saturated heterocycles. The summed E-state index contributed by atoms with van der Waals surface area (Å²) in [5.74, 6) is 0. The van der Waals surface area contributed by atoms with Crippen LogP contribution in [0, 0.1) is 5.41 Å². The van der Waals surface area contributed by atoms with E-state index >= 15 is 0 Å². The molecule has 0 aromatic carbocycles. The number of rotatable bonds is 2. The van der Waals surface area contributed by atoms with Gasteiger partial charge in [-0.15, -0.1) is 0 Å². The summed E-state index contributed by atoms with van der Waals surface area (Å²) in [5.41, 5.74) is 6.40. The standard InChI is InChI=1S/C8H17NO/c1-7(2)4-8(9,5-7)6-10-3/h4-6,9H2,1-3H3. The molecule has 0 aliphatic heterocycles. The van der Waals surface area contributed by atoms with E-state index in [2.05, 4.69) is 13.8 Å². The van der Waals surface area contributed by atoms with E-state index in [9.17, 15) is 0 Å². The molecular formula is C8H17NO. The summed E-state index contributed by atoms with van der Waals surface area (Å²) in [4.78, 5) is 0. The van der Waals surface area contributed by atoms with Gasteiger partial charge in [-0.25, -0.2) is 0 Å². The topological polar surface area (TPSA) is 35.2 Å². The van der Waals surface area contributed by atoms with Crippen molar-refractivity contribution in [3.8, 4) is 0 Å². The Bertz CT molecular complexity index is 123. The zero-order valence-electron chi connectivity index (χ0n) is 7.11. The molecule has 2 nitrogen and oxygen atoms in total. The molecule has 60 valence electrons. The number of ether oxygens (including phenoxy) is 1. The molecule has 0 aromatic heterocycles. The fraction of sp³-hybridized carbons (Fsp3) is 1.00. The molecule has 0 atom stereocenters. The third-order valence-corrected chi connectivity index (χ3v) is 2.09. The largest absolute Gasteiger partial charge is 0.383 e. The fourth-order valence-electron chi connectivity index (χ4n) is 2.24. The Balaban J connectivity index is 2.34. The monoisotopic (exact) mass is 143 g/mol. The van der Waals surface area contributed by atoms with E-state index in [1.807, 2.05) is 0 Å². The Morgan fingerprint density at radius 3 is 2.20 bits per heavy atom. The zero-order chi connectivity index (χ0) is 7.83. The molecule has 0 aromatic rings. The first-order chi connectivity index (χ1) is 4.47. The van der Waals surface area contributed by atoms with Crippen LogP contribution >= 0.6 is 0 Å². The van der Waals surface area contributed by atoms with Gasteiger partial charge in [0.2, 0.25) is 0 Å². The minimum Gasteiger partial charge on any atom is -0.383 e. The first kappa shape index (κ1) is 8.02. The van der Waals surface area contributed by atoms with Gasteiger partial charge < -0.3 is 10.5 Å². The number of hydrogen-bond donors (Lipinski definition) is 1. The van der Waals surface area contributed by atoms with Crippen molar-refractivity contribution in [3.05, 3.63) is 0 Å². The van der Waals surface area contributed by atoms with Crippen molar-refractivity contribution >= 4 is 0 Å². The van der Waals surface area contributed by atoms with Gasteiger partial charge in [0.15, 0.2) is 0 Å². The van der Waals surface area contributed by atoms with Crippen molar-refractivity contribution < 1.29 is 4.74 Å². The van der Waals surface area contributed by atoms with Crippen LogP contribution in [0.3, 0.4) is 0 Å². The van der Waals surface area contributed by atoms with Crippen molar-refractivity contribution in [1.29, 1.82) is 0 Å². The molecule has 0 spiro atoms. The highest BCUT2D eigenvalue weighted by atomic mass is 16.5. The first-order valence-electron chi connectivity index (χ1n) is 3.75. The van der Waals surface area contributed by atoms with Crippen molar-refractivity contribution in [2.24, 2.45) is 11.1 Å². The van der Waals surface area contributed by atoms with Crippen LogP contribution < -0.4 is 5.73 Å². The molecule has 10 heavy (non-hydrogen) atoms. The maximum Gasteiger partial charge on any atom is 0.0642 e. The van der Waals surface area contributed by atoms with E-state index in [0.29, 0.717) is 12.0 Å². The summed E-state index contributed by atoms with van der Waals surface area (Å²) in [6.07, 6.45) is 2.18. The smallest absolute Gasteiger partial charge is 0.0642 e. The van der Waals surface area contributed by atoms with Crippen LogP contribution in [-0.2, 0) is 4.74 Å². The predicted octanol–water partition coefficient (Wildman–Crippen LogP) is 1.15. The minimum absolute atomic E-state index is 0.0156. The molecule has 1 saturated carbocycles. The highest BCUT2D eigenvalue weighted by Crippen LogP contribution is 2.46. The van der Waals surface area contributed by atoms with Gasteiger partial charge in [0, 0.05) is 12.6 Å². The number of nitrogens with two attached hydrogens (primary N) is 1. The molecule has 2 N–H and O–H groups in total. The summed E-state index contributed by atoms with van der Waals surface area (Å²) in [7, 11) is 1.71. The third-order valence-electron chi connectivity index (χ3n) is 2.09. The van der Waals surface area contributed by atoms with Gasteiger partial charge in [-0.1, -0.05) is 13.8 Å². The Morgan fingerprint density at radius 1 is 1.40 bits per heavy atom. The summed E-state index contributed by atoms with van der Waals surface area (Å²) < 4.78 is 5.02. The summed E-state index contributed by atoms with van der Waals surface area (Å²) in [5, 5.41) is 0. The van der Waals surface area contributed by atoms with Crippen molar-refractivity contribution in [2.45, 2.75) is 32.2 Å². The molecule has 2 heteroatoms. The molecule has 0 unspecified atom stereocenters. The normalized spacial score (nSPS) is 27.6. The molecule has 1 aliphatic carbocycles. The highest BCUT2D eigenvalue weighted by molar-refractivity contribution is 5.03. The van der Waals surface area contributed by atoms with E-state index in [1.54, 1.807) is 7.11 Å². The van der Waals surface area contributed by atoms with E-state index in [-0.39, 0.29) is 5.54 Å². The maximum atomic E-state index is 5.96. The average molecular weight is 143 g/mol. The average Bonchev–Trinajstić information content (AvgIpc) is 1.58. The molecule has 0 amide bonds. The van der Waals surface area contributed by atoms with Gasteiger partial charge in [-0.05, 0) is 18.3 Å². The second-order valence-corrected chi connectivity index (χ2v) is 4.31. The third kappa shape index (κ3) is 1.50. The summed E-state index contributed by atoms with van der Waals surface area (Å²) in [6.45, 7) is 5.19. The van der Waals surface area contributed by atoms with Gasteiger partial charge >= 0.3 is 0 Å². The lowest BCUT2D eigenvalue weighted by Crippen LogP contribution is -2.58. The Morgan fingerprint density at radius 2 is 1.90 bits per heavy atom. The second-order valence-electron chi connectivity index (χ2n) is 4.31. The van der Waals surface area contributed by atoms with Crippen molar-refractivity contribution in [3.63, 3.8) is 0 Å². The van der Waals surface area contributed by atoms with Gasteiger partial charge in [0.25, 0.3) is 0 Å². The quantitative estimate of drug-likeness (QED) is 0.629. The lowest BCUT2D eigenvalue weighted by atomic mass is 9.60.